The Morgan fingerprint density at radius 2 is 1.39 bits per heavy atom. The molecule has 3 rings (SSSR count). The van der Waals surface area contributed by atoms with Crippen LogP contribution in [0.4, 0.5) is 17.1 Å². The van der Waals surface area contributed by atoms with Gasteiger partial charge in [-0.25, -0.2) is 0 Å². The second-order valence-electron chi connectivity index (χ2n) is 7.46. The summed E-state index contributed by atoms with van der Waals surface area (Å²) in [6, 6.07) is 7.12. The fourth-order valence-corrected chi connectivity index (χ4v) is 3.54. The maximum atomic E-state index is 11.4. The lowest BCUT2D eigenvalue weighted by molar-refractivity contribution is -0.441. The summed E-state index contributed by atoms with van der Waals surface area (Å²) < 4.78 is 11.1. The number of benzene rings is 2. The number of rotatable bonds is 9. The lowest BCUT2D eigenvalue weighted by Gasteiger charge is -2.14. The molecule has 0 N–H and O–H groups in total. The van der Waals surface area contributed by atoms with Crippen LogP contribution in [-0.4, -0.2) is 26.5 Å². The van der Waals surface area contributed by atoms with Gasteiger partial charge in [-0.05, 0) is 61.6 Å². The fraction of sp³-hybridized carbons (Fsp3) is 0.286. The van der Waals surface area contributed by atoms with Crippen LogP contribution in [0.5, 0.6) is 5.75 Å². The molecule has 0 aliphatic rings. The Morgan fingerprint density at radius 3 is 1.85 bits per heavy atom. The molecule has 12 nitrogen and oxygen atoms in total. The molecule has 0 bridgehead atoms. The first-order valence-electron chi connectivity index (χ1n) is 9.86. The molecule has 12 heteroatoms. The number of hydrogen-bond donors (Lipinski definition) is 0. The zero-order valence-corrected chi connectivity index (χ0v) is 18.1. The van der Waals surface area contributed by atoms with Crippen molar-refractivity contribution in [3.8, 4) is 16.9 Å². The van der Waals surface area contributed by atoms with Crippen molar-refractivity contribution in [3.05, 3.63) is 83.3 Å². The molecule has 172 valence electrons. The van der Waals surface area contributed by atoms with E-state index in [2.05, 4.69) is 5.16 Å². The third kappa shape index (κ3) is 5.11. The van der Waals surface area contributed by atoms with Crippen LogP contribution in [0.25, 0.3) is 11.1 Å². The lowest BCUT2D eigenvalue weighted by atomic mass is 9.98. The van der Waals surface area contributed by atoms with E-state index in [1.807, 2.05) is 13.0 Å². The summed E-state index contributed by atoms with van der Waals surface area (Å²) in [5.74, 6) is 1.39. The molecule has 1 heterocycles. The van der Waals surface area contributed by atoms with Gasteiger partial charge < -0.3 is 9.26 Å². The molecule has 0 saturated heterocycles. The van der Waals surface area contributed by atoms with E-state index in [0.717, 1.165) is 23.6 Å². The number of nitro benzene ring substituents is 3. The molecule has 0 atom stereocenters. The van der Waals surface area contributed by atoms with Gasteiger partial charge in [-0.1, -0.05) is 5.16 Å². The Morgan fingerprint density at radius 1 is 0.848 bits per heavy atom. The highest BCUT2D eigenvalue weighted by Crippen LogP contribution is 2.41. The van der Waals surface area contributed by atoms with Crippen LogP contribution >= 0.6 is 0 Å². The molecule has 33 heavy (non-hydrogen) atoms. The van der Waals surface area contributed by atoms with Crippen LogP contribution in [0.3, 0.4) is 0 Å². The van der Waals surface area contributed by atoms with Gasteiger partial charge in [-0.3, -0.25) is 30.3 Å². The van der Waals surface area contributed by atoms with Crippen molar-refractivity contribution in [1.82, 2.24) is 5.16 Å². The molecule has 0 amide bonds. The molecule has 0 fully saturated rings. The van der Waals surface area contributed by atoms with Gasteiger partial charge in [0.25, 0.3) is 0 Å². The summed E-state index contributed by atoms with van der Waals surface area (Å²) in [5, 5.41) is 37.8. The predicted molar refractivity (Wildman–Crippen MR) is 116 cm³/mol. The zero-order valence-electron chi connectivity index (χ0n) is 18.1. The van der Waals surface area contributed by atoms with Crippen molar-refractivity contribution < 1.29 is 24.0 Å². The first-order valence-corrected chi connectivity index (χ1v) is 9.86. The molecule has 2 aromatic carbocycles. The van der Waals surface area contributed by atoms with E-state index in [0.29, 0.717) is 41.9 Å². The molecular formula is C21H20N4O8. The number of ether oxygens (including phenoxy) is 1. The standard InChI is InChI=1S/C21H20N4O8/c1-12-7-15(8-13(2)21(12)32-6-4-5-17-9-14(3)22-33-17)16-10-18(23(26)27)20(25(30)31)19(11-16)24(28)29/h7-11H,4-6H2,1-3H3. The van der Waals surface area contributed by atoms with Crippen LogP contribution < -0.4 is 4.74 Å². The van der Waals surface area contributed by atoms with Crippen LogP contribution in [-0.2, 0) is 6.42 Å². The highest BCUT2D eigenvalue weighted by molar-refractivity contribution is 5.78. The molecule has 0 saturated carbocycles. The third-order valence-corrected chi connectivity index (χ3v) is 4.93. The number of aromatic nitrogens is 1. The Hall–Kier alpha value is -4.35. The van der Waals surface area contributed by atoms with Crippen molar-refractivity contribution in [2.75, 3.05) is 6.61 Å². The minimum Gasteiger partial charge on any atom is -0.493 e. The second kappa shape index (κ2) is 9.42. The number of nitro groups is 3. The van der Waals surface area contributed by atoms with Gasteiger partial charge >= 0.3 is 17.1 Å². The van der Waals surface area contributed by atoms with E-state index in [4.69, 9.17) is 9.26 Å². The van der Waals surface area contributed by atoms with E-state index in [1.165, 1.54) is 0 Å². The Bertz CT molecular complexity index is 1190. The smallest absolute Gasteiger partial charge is 0.422 e. The monoisotopic (exact) mass is 456 g/mol. The van der Waals surface area contributed by atoms with Crippen LogP contribution in [0, 0.1) is 51.1 Å². The highest BCUT2D eigenvalue weighted by Gasteiger charge is 2.37. The molecule has 0 radical (unpaired) electrons. The maximum absolute atomic E-state index is 11.4. The van der Waals surface area contributed by atoms with Gasteiger partial charge in [-0.2, -0.15) is 0 Å². The Kier molecular flexibility index (Phi) is 6.66. The van der Waals surface area contributed by atoms with Crippen molar-refractivity contribution in [1.29, 1.82) is 0 Å². The zero-order chi connectivity index (χ0) is 24.3. The third-order valence-electron chi connectivity index (χ3n) is 4.93. The average Bonchev–Trinajstić information content (AvgIpc) is 3.16. The molecule has 1 aromatic heterocycles. The molecule has 0 unspecified atom stereocenters. The fourth-order valence-electron chi connectivity index (χ4n) is 3.54. The number of aryl methyl sites for hydroxylation is 4. The summed E-state index contributed by atoms with van der Waals surface area (Å²) in [6.45, 7) is 5.81. The topological polar surface area (TPSA) is 165 Å². The number of hydrogen-bond acceptors (Lipinski definition) is 9. The minimum absolute atomic E-state index is 0.123. The predicted octanol–water partition coefficient (Wildman–Crippen LogP) is 5.00. The summed E-state index contributed by atoms with van der Waals surface area (Å²) in [6.07, 6.45) is 1.35. The average molecular weight is 456 g/mol. The van der Waals surface area contributed by atoms with Crippen LogP contribution in [0.2, 0.25) is 0 Å². The first-order chi connectivity index (χ1) is 15.6. The number of nitrogens with zero attached hydrogens (tertiary/aromatic N) is 4. The molecule has 0 spiro atoms. The molecule has 3 aromatic rings. The van der Waals surface area contributed by atoms with Crippen molar-refractivity contribution in [2.45, 2.75) is 33.6 Å². The van der Waals surface area contributed by atoms with Crippen molar-refractivity contribution in [2.24, 2.45) is 0 Å². The maximum Gasteiger partial charge on any atom is 0.422 e. The summed E-state index contributed by atoms with van der Waals surface area (Å²) in [4.78, 5) is 30.9. The molecule has 0 aliphatic heterocycles. The van der Waals surface area contributed by atoms with Gasteiger partial charge in [0.2, 0.25) is 0 Å². The summed E-state index contributed by atoms with van der Waals surface area (Å²) >= 11 is 0. The highest BCUT2D eigenvalue weighted by atomic mass is 16.6. The van der Waals surface area contributed by atoms with Gasteiger partial charge in [0, 0.05) is 24.6 Å². The van der Waals surface area contributed by atoms with Gasteiger partial charge in [0.15, 0.2) is 0 Å². The van der Waals surface area contributed by atoms with Crippen LogP contribution in [0.15, 0.2) is 34.9 Å². The van der Waals surface area contributed by atoms with Crippen molar-refractivity contribution >= 4 is 17.1 Å². The normalized spacial score (nSPS) is 10.8. The van der Waals surface area contributed by atoms with Gasteiger partial charge in [0.05, 0.1) is 27.1 Å². The van der Waals surface area contributed by atoms with Gasteiger partial charge in [0.1, 0.15) is 11.5 Å². The Labute approximate surface area is 187 Å². The Balaban J connectivity index is 1.89. The molecular weight excluding hydrogens is 436 g/mol. The second-order valence-corrected chi connectivity index (χ2v) is 7.46. The largest absolute Gasteiger partial charge is 0.493 e. The summed E-state index contributed by atoms with van der Waals surface area (Å²) in [5.41, 5.74) is -0.240. The van der Waals surface area contributed by atoms with Crippen molar-refractivity contribution in [3.63, 3.8) is 0 Å². The van der Waals surface area contributed by atoms with E-state index in [9.17, 15) is 30.3 Å². The van der Waals surface area contributed by atoms with E-state index in [1.54, 1.807) is 26.0 Å². The minimum atomic E-state index is -1.15. The molecule has 0 aliphatic carbocycles. The van der Waals surface area contributed by atoms with E-state index >= 15 is 0 Å². The summed E-state index contributed by atoms with van der Waals surface area (Å²) in [7, 11) is 0. The SMILES string of the molecule is Cc1cc(CCCOc2c(C)cc(-c3cc([N+](=O)[O-])c([N+](=O)[O-])c([N+](=O)[O-])c3)cc2C)on1. The first kappa shape index (κ1) is 23.3. The van der Waals surface area contributed by atoms with E-state index < -0.39 is 31.8 Å². The van der Waals surface area contributed by atoms with E-state index in [-0.39, 0.29) is 5.56 Å². The lowest BCUT2D eigenvalue weighted by Crippen LogP contribution is -2.03. The van der Waals surface area contributed by atoms with Gasteiger partial charge in [-0.15, -0.1) is 0 Å². The quantitative estimate of drug-likeness (QED) is 0.244. The van der Waals surface area contributed by atoms with Crippen LogP contribution in [0.1, 0.15) is 29.0 Å².